The number of nitrogens with zero attached hydrogens (tertiary/aromatic N) is 1. The first-order valence-electron chi connectivity index (χ1n) is 6.68. The highest BCUT2D eigenvalue weighted by Gasteiger charge is 2.35. The summed E-state index contributed by atoms with van der Waals surface area (Å²) in [5.41, 5.74) is 0.959. The molecule has 2 heterocycles. The Bertz CT molecular complexity index is 633. The van der Waals surface area contributed by atoms with Gasteiger partial charge in [0.15, 0.2) is 0 Å². The van der Waals surface area contributed by atoms with Crippen LogP contribution in [0, 0.1) is 0 Å². The van der Waals surface area contributed by atoms with Crippen molar-refractivity contribution in [3.05, 3.63) is 22.2 Å². The van der Waals surface area contributed by atoms with Gasteiger partial charge in [-0.3, -0.25) is 0 Å². The molecule has 1 aromatic rings. The maximum absolute atomic E-state index is 12.9. The molecule has 7 heteroatoms. The van der Waals surface area contributed by atoms with Gasteiger partial charge in [-0.25, -0.2) is 8.42 Å². The van der Waals surface area contributed by atoms with Gasteiger partial charge in [-0.1, -0.05) is 15.9 Å². The van der Waals surface area contributed by atoms with Gasteiger partial charge in [0.1, 0.15) is 10.6 Å². The van der Waals surface area contributed by atoms with Gasteiger partial charge in [-0.05, 0) is 19.1 Å². The standard InChI is InChI=1S/C13H17BrN2O3S/c1-9-8-15-3-4-16(9)20(17,18)12-7-11(14)6-10-2-5-19-13(10)12/h6-7,9,15H,2-5,8H2,1H3. The van der Waals surface area contributed by atoms with Gasteiger partial charge in [0.2, 0.25) is 10.0 Å². The van der Waals surface area contributed by atoms with E-state index in [0.717, 1.165) is 16.5 Å². The second kappa shape index (κ2) is 5.29. The number of nitrogens with one attached hydrogen (secondary N) is 1. The van der Waals surface area contributed by atoms with Gasteiger partial charge in [0.25, 0.3) is 0 Å². The number of hydrogen-bond acceptors (Lipinski definition) is 4. The van der Waals surface area contributed by atoms with Crippen molar-refractivity contribution >= 4 is 26.0 Å². The first-order chi connectivity index (χ1) is 9.50. The third-order valence-electron chi connectivity index (χ3n) is 3.74. The van der Waals surface area contributed by atoms with E-state index in [1.54, 1.807) is 10.4 Å². The summed E-state index contributed by atoms with van der Waals surface area (Å²) in [4.78, 5) is 0.285. The van der Waals surface area contributed by atoms with E-state index in [0.29, 0.717) is 32.0 Å². The largest absolute Gasteiger partial charge is 0.492 e. The van der Waals surface area contributed by atoms with Gasteiger partial charge < -0.3 is 10.1 Å². The maximum atomic E-state index is 12.9. The molecule has 110 valence electrons. The summed E-state index contributed by atoms with van der Waals surface area (Å²) < 4.78 is 33.7. The van der Waals surface area contributed by atoms with Crippen molar-refractivity contribution in [2.24, 2.45) is 0 Å². The molecule has 1 unspecified atom stereocenters. The van der Waals surface area contributed by atoms with Crippen molar-refractivity contribution in [2.45, 2.75) is 24.3 Å². The fraction of sp³-hybridized carbons (Fsp3) is 0.538. The Balaban J connectivity index is 2.08. The Hall–Kier alpha value is -0.630. The molecule has 0 saturated carbocycles. The average Bonchev–Trinajstić information content (AvgIpc) is 2.85. The van der Waals surface area contributed by atoms with E-state index in [9.17, 15) is 8.42 Å². The molecule has 2 aliphatic heterocycles. The highest BCUT2D eigenvalue weighted by Crippen LogP contribution is 2.37. The number of rotatable bonds is 2. The molecule has 1 atom stereocenters. The summed E-state index contributed by atoms with van der Waals surface area (Å²) >= 11 is 3.40. The Labute approximate surface area is 127 Å². The number of fused-ring (bicyclic) bond motifs is 1. The van der Waals surface area contributed by atoms with Crippen LogP contribution >= 0.6 is 15.9 Å². The minimum atomic E-state index is -3.52. The number of halogens is 1. The summed E-state index contributed by atoms with van der Waals surface area (Å²) in [6.07, 6.45) is 0.758. The third-order valence-corrected chi connectivity index (χ3v) is 6.22. The van der Waals surface area contributed by atoms with Crippen molar-refractivity contribution in [3.63, 3.8) is 0 Å². The summed E-state index contributed by atoms with van der Waals surface area (Å²) in [7, 11) is -3.52. The van der Waals surface area contributed by atoms with E-state index in [-0.39, 0.29) is 10.9 Å². The molecule has 0 radical (unpaired) electrons. The number of benzene rings is 1. The zero-order valence-electron chi connectivity index (χ0n) is 11.2. The molecule has 5 nitrogen and oxygen atoms in total. The molecule has 1 fully saturated rings. The number of piperazine rings is 1. The Morgan fingerprint density at radius 1 is 1.45 bits per heavy atom. The van der Waals surface area contributed by atoms with Crippen LogP contribution in [0.25, 0.3) is 0 Å². The first kappa shape index (κ1) is 14.3. The summed E-state index contributed by atoms with van der Waals surface area (Å²) in [5.74, 6) is 0.527. The number of sulfonamides is 1. The predicted octanol–water partition coefficient (Wildman–Crippen LogP) is 1.37. The molecule has 1 saturated heterocycles. The van der Waals surface area contributed by atoms with Gasteiger partial charge in [0.05, 0.1) is 6.61 Å². The van der Waals surface area contributed by atoms with E-state index in [4.69, 9.17) is 4.74 Å². The zero-order valence-corrected chi connectivity index (χ0v) is 13.6. The van der Waals surface area contributed by atoms with Crippen molar-refractivity contribution in [1.82, 2.24) is 9.62 Å². The number of ether oxygens (including phenoxy) is 1. The monoisotopic (exact) mass is 360 g/mol. The second-order valence-electron chi connectivity index (χ2n) is 5.16. The molecule has 0 aromatic heterocycles. The molecule has 0 bridgehead atoms. The van der Waals surface area contributed by atoms with Crippen LogP contribution in [0.5, 0.6) is 5.75 Å². The third kappa shape index (κ3) is 2.36. The Kier molecular flexibility index (Phi) is 3.79. The second-order valence-corrected chi connectivity index (χ2v) is 7.93. The lowest BCUT2D eigenvalue weighted by molar-refractivity contribution is 0.282. The lowest BCUT2D eigenvalue weighted by atomic mass is 10.2. The quantitative estimate of drug-likeness (QED) is 0.865. The van der Waals surface area contributed by atoms with Crippen molar-refractivity contribution in [3.8, 4) is 5.75 Å². The fourth-order valence-electron chi connectivity index (χ4n) is 2.73. The van der Waals surface area contributed by atoms with E-state index < -0.39 is 10.0 Å². The fourth-order valence-corrected chi connectivity index (χ4v) is 5.22. The normalized spacial score (nSPS) is 23.4. The first-order valence-corrected chi connectivity index (χ1v) is 8.91. The summed E-state index contributed by atoms with van der Waals surface area (Å²) in [6.45, 7) is 4.32. The molecule has 0 amide bonds. The molecule has 1 N–H and O–H groups in total. The van der Waals surface area contributed by atoms with Gasteiger partial charge in [-0.2, -0.15) is 4.31 Å². The van der Waals surface area contributed by atoms with Crippen LogP contribution in [0.2, 0.25) is 0 Å². The zero-order chi connectivity index (χ0) is 14.3. The van der Waals surface area contributed by atoms with Gasteiger partial charge in [0, 0.05) is 42.1 Å². The predicted molar refractivity (Wildman–Crippen MR) is 79.6 cm³/mol. The maximum Gasteiger partial charge on any atom is 0.247 e. The molecule has 1 aromatic carbocycles. The van der Waals surface area contributed by atoms with Gasteiger partial charge in [-0.15, -0.1) is 0 Å². The molecule has 0 aliphatic carbocycles. The van der Waals surface area contributed by atoms with Crippen LogP contribution < -0.4 is 10.1 Å². The van der Waals surface area contributed by atoms with Crippen LogP contribution in [0.3, 0.4) is 0 Å². The minimum Gasteiger partial charge on any atom is -0.492 e. The highest BCUT2D eigenvalue weighted by molar-refractivity contribution is 9.10. The average molecular weight is 361 g/mol. The van der Waals surface area contributed by atoms with Crippen LogP contribution in [-0.4, -0.2) is 45.0 Å². The van der Waals surface area contributed by atoms with E-state index in [2.05, 4.69) is 21.2 Å². The van der Waals surface area contributed by atoms with Crippen molar-refractivity contribution in [1.29, 1.82) is 0 Å². The van der Waals surface area contributed by atoms with Gasteiger partial charge >= 0.3 is 0 Å². The van der Waals surface area contributed by atoms with Crippen molar-refractivity contribution < 1.29 is 13.2 Å². The van der Waals surface area contributed by atoms with E-state index in [1.807, 2.05) is 13.0 Å². The van der Waals surface area contributed by atoms with Crippen molar-refractivity contribution in [2.75, 3.05) is 26.2 Å². The number of hydrogen-bond donors (Lipinski definition) is 1. The topological polar surface area (TPSA) is 58.6 Å². The minimum absolute atomic E-state index is 0.0511. The lowest BCUT2D eigenvalue weighted by Crippen LogP contribution is -2.52. The molecule has 3 rings (SSSR count). The molecule has 20 heavy (non-hydrogen) atoms. The van der Waals surface area contributed by atoms with Crippen LogP contribution in [0.15, 0.2) is 21.5 Å². The summed E-state index contributed by atoms with van der Waals surface area (Å²) in [5, 5.41) is 3.21. The molecular formula is C13H17BrN2O3S. The SMILES string of the molecule is CC1CNCCN1S(=O)(=O)c1cc(Br)cc2c1OCC2. The van der Waals surface area contributed by atoms with E-state index >= 15 is 0 Å². The molecular weight excluding hydrogens is 344 g/mol. The van der Waals surface area contributed by atoms with Crippen LogP contribution in [0.1, 0.15) is 12.5 Å². The Morgan fingerprint density at radius 3 is 3.00 bits per heavy atom. The summed E-state index contributed by atoms with van der Waals surface area (Å²) in [6, 6.07) is 3.53. The highest BCUT2D eigenvalue weighted by atomic mass is 79.9. The van der Waals surface area contributed by atoms with Crippen LogP contribution in [0.4, 0.5) is 0 Å². The van der Waals surface area contributed by atoms with E-state index in [1.165, 1.54) is 0 Å². The lowest BCUT2D eigenvalue weighted by Gasteiger charge is -2.33. The Morgan fingerprint density at radius 2 is 2.25 bits per heavy atom. The smallest absolute Gasteiger partial charge is 0.247 e. The molecule has 0 spiro atoms. The van der Waals surface area contributed by atoms with Crippen LogP contribution in [-0.2, 0) is 16.4 Å². The molecule has 2 aliphatic rings.